The fourth-order valence-corrected chi connectivity index (χ4v) is 4.64. The van der Waals surface area contributed by atoms with Crippen LogP contribution in [0.4, 0.5) is 5.82 Å². The van der Waals surface area contributed by atoms with Crippen molar-refractivity contribution in [2.45, 2.75) is 69.2 Å². The minimum Gasteiger partial charge on any atom is -0.388 e. The molecule has 2 aliphatic rings. The average molecular weight is 388 g/mol. The van der Waals surface area contributed by atoms with Crippen molar-refractivity contribution in [3.05, 3.63) is 12.7 Å². The van der Waals surface area contributed by atoms with Gasteiger partial charge in [-0.3, -0.25) is 4.79 Å². The van der Waals surface area contributed by atoms with Gasteiger partial charge in [0.25, 0.3) is 0 Å². The Morgan fingerprint density at radius 1 is 1.14 bits per heavy atom. The molecule has 0 aliphatic heterocycles. The summed E-state index contributed by atoms with van der Waals surface area (Å²) in [4.78, 5) is 25.1. The first kappa shape index (κ1) is 19.1. The molecule has 0 radical (unpaired) electrons. The van der Waals surface area contributed by atoms with Gasteiger partial charge in [0, 0.05) is 13.5 Å². The number of amides is 1. The Bertz CT molecular complexity index is 834. The Kier molecular flexibility index (Phi) is 5.45. The van der Waals surface area contributed by atoms with Gasteiger partial charge in [0.15, 0.2) is 11.5 Å². The van der Waals surface area contributed by atoms with Crippen molar-refractivity contribution in [1.82, 2.24) is 24.8 Å². The molecule has 0 unspecified atom stereocenters. The van der Waals surface area contributed by atoms with Crippen LogP contribution >= 0.6 is 0 Å². The number of aliphatic hydroxyl groups is 2. The number of nitrogens with one attached hydrogen (secondary N) is 2. The normalized spacial score (nSPS) is 28.5. The molecule has 0 saturated heterocycles. The number of fused-ring (bicyclic) bond motifs is 1. The first-order valence-corrected chi connectivity index (χ1v) is 10.1. The molecule has 0 spiro atoms. The van der Waals surface area contributed by atoms with Gasteiger partial charge >= 0.3 is 0 Å². The Balaban J connectivity index is 1.44. The predicted octanol–water partition coefficient (Wildman–Crippen LogP) is 0.990. The smallest absolute Gasteiger partial charge is 0.220 e. The molecule has 2 fully saturated rings. The van der Waals surface area contributed by atoms with Crippen molar-refractivity contribution in [3.63, 3.8) is 0 Å². The zero-order valence-corrected chi connectivity index (χ0v) is 16.1. The molecule has 9 nitrogen and oxygen atoms in total. The van der Waals surface area contributed by atoms with Crippen LogP contribution in [-0.4, -0.2) is 60.9 Å². The Morgan fingerprint density at radius 3 is 2.68 bits per heavy atom. The van der Waals surface area contributed by atoms with Gasteiger partial charge in [0.2, 0.25) is 5.91 Å². The largest absolute Gasteiger partial charge is 0.388 e. The van der Waals surface area contributed by atoms with E-state index < -0.39 is 18.2 Å². The highest BCUT2D eigenvalue weighted by Gasteiger charge is 2.40. The summed E-state index contributed by atoms with van der Waals surface area (Å²) < 4.78 is 1.79. The number of imidazole rings is 1. The maximum atomic E-state index is 12.3. The topological polar surface area (TPSA) is 125 Å². The third-order valence-corrected chi connectivity index (χ3v) is 6.18. The van der Waals surface area contributed by atoms with Crippen LogP contribution < -0.4 is 10.6 Å². The summed E-state index contributed by atoms with van der Waals surface area (Å²) in [6.07, 6.45) is 7.34. The lowest BCUT2D eigenvalue weighted by Crippen LogP contribution is -2.54. The summed E-state index contributed by atoms with van der Waals surface area (Å²) in [6, 6.07) is -0.792. The van der Waals surface area contributed by atoms with Crippen LogP contribution in [-0.2, 0) is 4.79 Å². The van der Waals surface area contributed by atoms with Gasteiger partial charge in [0.1, 0.15) is 24.1 Å². The molecule has 2 saturated carbocycles. The molecule has 2 heterocycles. The second kappa shape index (κ2) is 8.00. The molecule has 4 N–H and O–H groups in total. The second-order valence-electron chi connectivity index (χ2n) is 7.95. The van der Waals surface area contributed by atoms with E-state index in [1.807, 2.05) is 0 Å². The zero-order chi connectivity index (χ0) is 19.7. The van der Waals surface area contributed by atoms with E-state index in [0.29, 0.717) is 42.2 Å². The molecular weight excluding hydrogens is 360 g/mol. The number of rotatable bonds is 5. The highest BCUT2D eigenvalue weighted by Crippen LogP contribution is 2.33. The molecule has 9 heteroatoms. The first-order valence-electron chi connectivity index (χ1n) is 10.1. The second-order valence-corrected chi connectivity index (χ2v) is 7.95. The van der Waals surface area contributed by atoms with E-state index in [4.69, 9.17) is 0 Å². The van der Waals surface area contributed by atoms with Crippen molar-refractivity contribution in [2.75, 3.05) is 12.4 Å². The zero-order valence-electron chi connectivity index (χ0n) is 16.1. The quantitative estimate of drug-likeness (QED) is 0.602. The molecule has 4 atom stereocenters. The van der Waals surface area contributed by atoms with Crippen molar-refractivity contribution >= 4 is 22.9 Å². The van der Waals surface area contributed by atoms with E-state index in [-0.39, 0.29) is 11.9 Å². The lowest BCUT2D eigenvalue weighted by Gasteiger charge is -2.38. The van der Waals surface area contributed by atoms with Gasteiger partial charge in [-0.1, -0.05) is 12.8 Å². The van der Waals surface area contributed by atoms with Crippen molar-refractivity contribution in [3.8, 4) is 0 Å². The van der Waals surface area contributed by atoms with Crippen LogP contribution in [0.15, 0.2) is 12.7 Å². The van der Waals surface area contributed by atoms with Crippen molar-refractivity contribution < 1.29 is 15.0 Å². The summed E-state index contributed by atoms with van der Waals surface area (Å²) >= 11 is 0. The maximum absolute atomic E-state index is 12.3. The number of aliphatic hydroxyl groups excluding tert-OH is 2. The van der Waals surface area contributed by atoms with Gasteiger partial charge < -0.3 is 25.4 Å². The minimum absolute atomic E-state index is 0.0268. The summed E-state index contributed by atoms with van der Waals surface area (Å²) in [5.74, 6) is 1.05. The van der Waals surface area contributed by atoms with Crippen molar-refractivity contribution in [2.24, 2.45) is 5.92 Å². The average Bonchev–Trinajstić information content (AvgIpc) is 3.35. The highest BCUT2D eigenvalue weighted by atomic mass is 16.3. The number of carbonyl (C=O) groups is 1. The summed E-state index contributed by atoms with van der Waals surface area (Å²) in [5.41, 5.74) is 1.23. The van der Waals surface area contributed by atoms with Gasteiger partial charge in [-0.2, -0.15) is 0 Å². The number of hydrogen-bond donors (Lipinski definition) is 4. The lowest BCUT2D eigenvalue weighted by molar-refractivity contribution is -0.126. The van der Waals surface area contributed by atoms with E-state index >= 15 is 0 Å². The SMILES string of the molecule is CNc1ncnc2c1ncn2[C@@H]1CC[C@@H](NC(=O)CC2CCCC2)[C@@H](O)[C@@H]1O. The Labute approximate surface area is 163 Å². The molecule has 2 aromatic heterocycles. The van der Waals surface area contributed by atoms with Gasteiger partial charge in [-0.05, 0) is 31.6 Å². The third kappa shape index (κ3) is 3.56. The Morgan fingerprint density at radius 2 is 1.93 bits per heavy atom. The number of anilines is 1. The molecule has 4 rings (SSSR count). The van der Waals surface area contributed by atoms with E-state index in [0.717, 1.165) is 12.8 Å². The van der Waals surface area contributed by atoms with Gasteiger partial charge in [-0.15, -0.1) is 0 Å². The molecule has 2 aromatic rings. The van der Waals surface area contributed by atoms with E-state index in [1.54, 1.807) is 17.9 Å². The van der Waals surface area contributed by atoms with Crippen LogP contribution in [0.3, 0.4) is 0 Å². The van der Waals surface area contributed by atoms with Crippen LogP contribution in [0.2, 0.25) is 0 Å². The van der Waals surface area contributed by atoms with Crippen LogP contribution in [0.5, 0.6) is 0 Å². The van der Waals surface area contributed by atoms with Crippen LogP contribution in [0.25, 0.3) is 11.2 Å². The third-order valence-electron chi connectivity index (χ3n) is 6.18. The molecule has 152 valence electrons. The van der Waals surface area contributed by atoms with E-state index in [2.05, 4.69) is 25.6 Å². The summed E-state index contributed by atoms with van der Waals surface area (Å²) in [6.45, 7) is 0. The fourth-order valence-electron chi connectivity index (χ4n) is 4.64. The summed E-state index contributed by atoms with van der Waals surface area (Å²) in [5, 5.41) is 27.3. The first-order chi connectivity index (χ1) is 13.6. The predicted molar refractivity (Wildman–Crippen MR) is 104 cm³/mol. The maximum Gasteiger partial charge on any atom is 0.220 e. The minimum atomic E-state index is -1.03. The Hall–Kier alpha value is -2.26. The molecule has 1 amide bonds. The number of carbonyl (C=O) groups excluding carboxylic acids is 1. The highest BCUT2D eigenvalue weighted by molar-refractivity contribution is 5.82. The standard InChI is InChI=1S/C19H28N6O3/c1-20-18-15-19(22-9-21-18)25(10-23-15)13-7-6-12(16(27)17(13)28)24-14(26)8-11-4-2-3-5-11/h9-13,16-17,27-28H,2-8H2,1H3,(H,24,26)(H,20,21,22)/t12-,13-,16-,17-/m1/s1. The number of nitrogens with zero attached hydrogens (tertiary/aromatic N) is 4. The molecular formula is C19H28N6O3. The van der Waals surface area contributed by atoms with Crippen molar-refractivity contribution in [1.29, 1.82) is 0 Å². The molecule has 2 aliphatic carbocycles. The monoisotopic (exact) mass is 388 g/mol. The van der Waals surface area contributed by atoms with E-state index in [9.17, 15) is 15.0 Å². The van der Waals surface area contributed by atoms with Crippen LogP contribution in [0, 0.1) is 5.92 Å². The van der Waals surface area contributed by atoms with Crippen LogP contribution in [0.1, 0.15) is 51.0 Å². The molecule has 0 bridgehead atoms. The fraction of sp³-hybridized carbons (Fsp3) is 0.684. The number of hydrogen-bond acceptors (Lipinski definition) is 7. The van der Waals surface area contributed by atoms with Gasteiger partial charge in [0.05, 0.1) is 18.4 Å². The molecule has 28 heavy (non-hydrogen) atoms. The molecule has 0 aromatic carbocycles. The number of aromatic nitrogens is 4. The summed E-state index contributed by atoms with van der Waals surface area (Å²) in [7, 11) is 1.76. The van der Waals surface area contributed by atoms with E-state index in [1.165, 1.54) is 19.2 Å². The van der Waals surface area contributed by atoms with Gasteiger partial charge in [-0.25, -0.2) is 15.0 Å². The lowest BCUT2D eigenvalue weighted by atomic mass is 9.85.